The lowest BCUT2D eigenvalue weighted by Crippen LogP contribution is -2.62. The van der Waals surface area contributed by atoms with Crippen LogP contribution in [-0.4, -0.2) is 83.7 Å². The molecule has 0 saturated carbocycles. The number of pyridine rings is 1. The van der Waals surface area contributed by atoms with Crippen LogP contribution in [0.15, 0.2) is 48.7 Å². The van der Waals surface area contributed by atoms with E-state index < -0.39 is 17.9 Å². The molecule has 33 heavy (non-hydrogen) atoms. The van der Waals surface area contributed by atoms with Gasteiger partial charge in [-0.25, -0.2) is 10.5 Å². The summed E-state index contributed by atoms with van der Waals surface area (Å²) < 4.78 is 6.02. The lowest BCUT2D eigenvalue weighted by Gasteiger charge is -2.44. The van der Waals surface area contributed by atoms with Crippen molar-refractivity contribution in [3.63, 3.8) is 0 Å². The number of piperidine rings is 1. The number of piperazine rings is 1. The Labute approximate surface area is 193 Å². The molecular formula is C24H31N5O4. The SMILES string of the molecule is Cc1ccnc(O[C@H]2CC(C(=O)NO)C(C(=O)N3CCN(c4ccccc4)CC3)N(C)C2)c1. The highest BCUT2D eigenvalue weighted by Crippen LogP contribution is 2.28. The van der Waals surface area contributed by atoms with E-state index in [1.807, 2.05) is 54.1 Å². The minimum Gasteiger partial charge on any atom is -0.473 e. The van der Waals surface area contributed by atoms with Crippen LogP contribution < -0.4 is 15.1 Å². The van der Waals surface area contributed by atoms with Gasteiger partial charge in [0, 0.05) is 50.7 Å². The molecule has 3 atom stereocenters. The Morgan fingerprint density at radius 3 is 2.52 bits per heavy atom. The van der Waals surface area contributed by atoms with Crippen LogP contribution in [0.4, 0.5) is 5.69 Å². The molecule has 2 aliphatic rings. The fraction of sp³-hybridized carbons (Fsp3) is 0.458. The molecular weight excluding hydrogens is 422 g/mol. The van der Waals surface area contributed by atoms with Crippen molar-refractivity contribution in [1.29, 1.82) is 0 Å². The molecule has 1 aromatic carbocycles. The molecule has 2 aromatic rings. The first-order valence-corrected chi connectivity index (χ1v) is 11.3. The Morgan fingerprint density at radius 2 is 1.85 bits per heavy atom. The van der Waals surface area contributed by atoms with Gasteiger partial charge in [0.15, 0.2) is 0 Å². The van der Waals surface area contributed by atoms with Gasteiger partial charge in [-0.1, -0.05) is 18.2 Å². The molecule has 0 spiro atoms. The van der Waals surface area contributed by atoms with Crippen molar-refractivity contribution in [3.05, 3.63) is 54.2 Å². The standard InChI is InChI=1S/C24H31N5O4/c1-17-8-9-25-21(14-17)33-19-15-20(23(30)26-32)22(27(2)16-19)24(31)29-12-10-28(11-13-29)18-6-4-3-5-7-18/h3-9,14,19-20,22,32H,10-13,15-16H2,1-2H3,(H,26,30)/t19-,20?,22?/m0/s1. The van der Waals surface area contributed by atoms with E-state index in [0.29, 0.717) is 31.9 Å². The van der Waals surface area contributed by atoms with E-state index >= 15 is 0 Å². The number of ether oxygens (including phenoxy) is 1. The number of anilines is 1. The molecule has 0 aliphatic carbocycles. The maximum absolute atomic E-state index is 13.5. The second-order valence-electron chi connectivity index (χ2n) is 8.76. The van der Waals surface area contributed by atoms with Gasteiger partial charge in [0.25, 0.3) is 0 Å². The normalized spacial score (nSPS) is 23.8. The molecule has 3 heterocycles. The van der Waals surface area contributed by atoms with Crippen LogP contribution in [0, 0.1) is 12.8 Å². The number of aryl methyl sites for hydroxylation is 1. The fourth-order valence-electron chi connectivity index (χ4n) is 4.76. The first-order chi connectivity index (χ1) is 16.0. The average molecular weight is 454 g/mol. The molecule has 2 unspecified atom stereocenters. The van der Waals surface area contributed by atoms with E-state index in [9.17, 15) is 14.8 Å². The second kappa shape index (κ2) is 10.2. The van der Waals surface area contributed by atoms with Crippen LogP contribution in [0.25, 0.3) is 0 Å². The topological polar surface area (TPSA) is 98.2 Å². The third kappa shape index (κ3) is 5.26. The number of para-hydroxylation sites is 1. The van der Waals surface area contributed by atoms with Gasteiger partial charge in [0.2, 0.25) is 17.7 Å². The predicted octanol–water partition coefficient (Wildman–Crippen LogP) is 1.31. The molecule has 1 aromatic heterocycles. The molecule has 0 radical (unpaired) electrons. The van der Waals surface area contributed by atoms with Gasteiger partial charge in [-0.05, 0) is 44.2 Å². The van der Waals surface area contributed by atoms with Crippen molar-refractivity contribution in [1.82, 2.24) is 20.3 Å². The van der Waals surface area contributed by atoms with Gasteiger partial charge in [-0.3, -0.25) is 19.7 Å². The van der Waals surface area contributed by atoms with Crippen LogP contribution in [0.1, 0.15) is 12.0 Å². The first-order valence-electron chi connectivity index (χ1n) is 11.3. The lowest BCUT2D eigenvalue weighted by atomic mass is 9.86. The highest BCUT2D eigenvalue weighted by molar-refractivity contribution is 5.90. The van der Waals surface area contributed by atoms with Crippen LogP contribution in [0.2, 0.25) is 0 Å². The minimum atomic E-state index is -0.733. The van der Waals surface area contributed by atoms with Gasteiger partial charge in [-0.2, -0.15) is 0 Å². The van der Waals surface area contributed by atoms with E-state index in [1.54, 1.807) is 11.7 Å². The third-order valence-corrected chi connectivity index (χ3v) is 6.45. The van der Waals surface area contributed by atoms with Crippen molar-refractivity contribution < 1.29 is 19.5 Å². The molecule has 2 aliphatic heterocycles. The van der Waals surface area contributed by atoms with E-state index in [1.165, 1.54) is 0 Å². The number of benzene rings is 1. The van der Waals surface area contributed by atoms with E-state index in [0.717, 1.165) is 24.3 Å². The summed E-state index contributed by atoms with van der Waals surface area (Å²) in [5, 5.41) is 9.35. The molecule has 2 saturated heterocycles. The number of hydroxylamine groups is 1. The number of nitrogens with one attached hydrogen (secondary N) is 1. The summed E-state index contributed by atoms with van der Waals surface area (Å²) in [5.41, 5.74) is 3.91. The Bertz CT molecular complexity index is 964. The number of carbonyl (C=O) groups excluding carboxylic acids is 2. The van der Waals surface area contributed by atoms with Gasteiger partial charge < -0.3 is 14.5 Å². The van der Waals surface area contributed by atoms with Gasteiger partial charge in [-0.15, -0.1) is 0 Å². The number of nitrogens with zero attached hydrogens (tertiary/aromatic N) is 4. The highest BCUT2D eigenvalue weighted by atomic mass is 16.5. The number of likely N-dealkylation sites (N-methyl/N-ethyl adjacent to an activating group) is 1. The Hall–Kier alpha value is -3.17. The average Bonchev–Trinajstić information content (AvgIpc) is 2.83. The zero-order valence-corrected chi connectivity index (χ0v) is 19.1. The van der Waals surface area contributed by atoms with E-state index in [2.05, 4.69) is 22.0 Å². The zero-order valence-electron chi connectivity index (χ0n) is 19.1. The quantitative estimate of drug-likeness (QED) is 0.520. The fourth-order valence-corrected chi connectivity index (χ4v) is 4.76. The van der Waals surface area contributed by atoms with Gasteiger partial charge in [0.05, 0.1) is 5.92 Å². The zero-order chi connectivity index (χ0) is 23.4. The van der Waals surface area contributed by atoms with Gasteiger partial charge >= 0.3 is 0 Å². The number of rotatable bonds is 5. The number of hydrogen-bond acceptors (Lipinski definition) is 7. The summed E-state index contributed by atoms with van der Waals surface area (Å²) in [5.74, 6) is -0.916. The highest BCUT2D eigenvalue weighted by Gasteiger charge is 2.45. The van der Waals surface area contributed by atoms with Crippen LogP contribution >= 0.6 is 0 Å². The molecule has 176 valence electrons. The summed E-state index contributed by atoms with van der Waals surface area (Å²) >= 11 is 0. The predicted molar refractivity (Wildman–Crippen MR) is 123 cm³/mol. The lowest BCUT2D eigenvalue weighted by molar-refractivity contribution is -0.151. The molecule has 2 amide bonds. The smallest absolute Gasteiger partial charge is 0.248 e. The van der Waals surface area contributed by atoms with Crippen molar-refractivity contribution in [2.45, 2.75) is 25.5 Å². The van der Waals surface area contributed by atoms with Crippen LogP contribution in [0.3, 0.4) is 0 Å². The third-order valence-electron chi connectivity index (χ3n) is 6.45. The number of carbonyl (C=O) groups is 2. The van der Waals surface area contributed by atoms with E-state index in [-0.39, 0.29) is 12.0 Å². The monoisotopic (exact) mass is 453 g/mol. The minimum absolute atomic E-state index is 0.0917. The number of likely N-dealkylation sites (tertiary alicyclic amines) is 1. The Morgan fingerprint density at radius 1 is 1.12 bits per heavy atom. The molecule has 2 N–H and O–H groups in total. The molecule has 0 bridgehead atoms. The van der Waals surface area contributed by atoms with Crippen molar-refractivity contribution in [2.75, 3.05) is 44.7 Å². The Kier molecular flexibility index (Phi) is 7.10. The number of amides is 2. The van der Waals surface area contributed by atoms with E-state index in [4.69, 9.17) is 4.74 Å². The first kappa shape index (κ1) is 23.0. The molecule has 2 fully saturated rings. The van der Waals surface area contributed by atoms with Crippen molar-refractivity contribution in [2.24, 2.45) is 5.92 Å². The molecule has 9 nitrogen and oxygen atoms in total. The largest absolute Gasteiger partial charge is 0.473 e. The molecule has 4 rings (SSSR count). The summed E-state index contributed by atoms with van der Waals surface area (Å²) in [4.78, 5) is 36.2. The number of hydrogen-bond donors (Lipinski definition) is 2. The summed E-state index contributed by atoms with van der Waals surface area (Å²) in [6.07, 6.45) is 1.66. The maximum atomic E-state index is 13.5. The van der Waals surface area contributed by atoms with Crippen molar-refractivity contribution >= 4 is 17.5 Å². The van der Waals surface area contributed by atoms with Crippen LogP contribution in [-0.2, 0) is 9.59 Å². The van der Waals surface area contributed by atoms with Crippen molar-refractivity contribution in [3.8, 4) is 5.88 Å². The Balaban J connectivity index is 1.43. The number of aromatic nitrogens is 1. The summed E-state index contributed by atoms with van der Waals surface area (Å²) in [6, 6.07) is 13.2. The second-order valence-corrected chi connectivity index (χ2v) is 8.76. The molecule has 9 heteroatoms. The van der Waals surface area contributed by atoms with Gasteiger partial charge in [0.1, 0.15) is 12.1 Å². The van der Waals surface area contributed by atoms with Crippen LogP contribution in [0.5, 0.6) is 5.88 Å². The summed E-state index contributed by atoms with van der Waals surface area (Å²) in [6.45, 7) is 5.06. The maximum Gasteiger partial charge on any atom is 0.248 e. The summed E-state index contributed by atoms with van der Waals surface area (Å²) in [7, 11) is 1.82.